The first-order chi connectivity index (χ1) is 9.06. The van der Waals surface area contributed by atoms with Gasteiger partial charge in [0, 0.05) is 26.2 Å². The Hall–Kier alpha value is -0.710. The largest absolute Gasteiger partial charge is 0.396 e. The van der Waals surface area contributed by atoms with Crippen LogP contribution < -0.4 is 0 Å². The lowest BCUT2D eigenvalue weighted by Gasteiger charge is -2.37. The van der Waals surface area contributed by atoms with Crippen molar-refractivity contribution in [1.82, 2.24) is 9.47 Å². The van der Waals surface area contributed by atoms with Gasteiger partial charge in [-0.3, -0.25) is 4.79 Å². The van der Waals surface area contributed by atoms with Crippen molar-refractivity contribution >= 4 is 29.1 Å². The van der Waals surface area contributed by atoms with Crippen molar-refractivity contribution in [3.8, 4) is 0 Å². The van der Waals surface area contributed by atoms with Gasteiger partial charge in [-0.1, -0.05) is 23.2 Å². The zero-order chi connectivity index (χ0) is 14.0. The Kier molecular flexibility index (Phi) is 4.76. The number of hydrogen-bond donors (Lipinski definition) is 1. The van der Waals surface area contributed by atoms with Crippen LogP contribution in [0.1, 0.15) is 36.2 Å². The predicted octanol–water partition coefficient (Wildman–Crippen LogP) is 2.71. The normalized spacial score (nSPS) is 15.4. The van der Waals surface area contributed by atoms with Crippen LogP contribution in [0.5, 0.6) is 0 Å². The van der Waals surface area contributed by atoms with E-state index >= 15 is 0 Å². The smallest absolute Gasteiger partial charge is 0.270 e. The summed E-state index contributed by atoms with van der Waals surface area (Å²) in [6, 6.07) is 1.89. The molecular weight excluding hydrogens is 287 g/mol. The number of carbonyl (C=O) groups excluding carboxylic acids is 1. The third kappa shape index (κ3) is 2.91. The summed E-state index contributed by atoms with van der Waals surface area (Å²) in [6.07, 6.45) is 3.81. The number of aliphatic hydroxyl groups is 1. The van der Waals surface area contributed by atoms with Crippen LogP contribution in [0.4, 0.5) is 0 Å². The molecule has 0 unspecified atom stereocenters. The maximum absolute atomic E-state index is 12.6. The summed E-state index contributed by atoms with van der Waals surface area (Å²) < 4.78 is 1.61. The zero-order valence-corrected chi connectivity index (χ0v) is 12.4. The molecule has 0 atom stereocenters. The molecule has 1 amide bonds. The summed E-state index contributed by atoms with van der Waals surface area (Å²) in [5.41, 5.74) is 0.500. The molecule has 1 aliphatic rings. The molecule has 1 aromatic rings. The van der Waals surface area contributed by atoms with Crippen molar-refractivity contribution in [1.29, 1.82) is 0 Å². The van der Waals surface area contributed by atoms with E-state index in [2.05, 4.69) is 0 Å². The van der Waals surface area contributed by atoms with Crippen LogP contribution in [0.3, 0.4) is 0 Å². The Bertz CT molecular complexity index is 469. The van der Waals surface area contributed by atoms with E-state index in [4.69, 9.17) is 28.3 Å². The average Bonchev–Trinajstić information content (AvgIpc) is 2.59. The molecule has 0 saturated heterocycles. The highest BCUT2D eigenvalue weighted by Gasteiger charge is 2.30. The number of carbonyl (C=O) groups is 1. The third-order valence-corrected chi connectivity index (χ3v) is 4.51. The SMILES string of the molecule is Cn1c(C(=O)N(CCCO)C2CCC2)cc(Cl)c1Cl. The van der Waals surface area contributed by atoms with E-state index in [0.717, 1.165) is 19.3 Å². The van der Waals surface area contributed by atoms with Gasteiger partial charge < -0.3 is 14.6 Å². The molecule has 1 aromatic heterocycles. The fourth-order valence-corrected chi connectivity index (χ4v) is 2.66. The summed E-state index contributed by atoms with van der Waals surface area (Å²) in [6.45, 7) is 0.658. The first-order valence-corrected chi connectivity index (χ1v) is 7.24. The van der Waals surface area contributed by atoms with Gasteiger partial charge in [-0.25, -0.2) is 0 Å². The van der Waals surface area contributed by atoms with Crippen LogP contribution in [0.25, 0.3) is 0 Å². The summed E-state index contributed by atoms with van der Waals surface area (Å²) in [7, 11) is 1.73. The molecule has 1 fully saturated rings. The molecule has 1 aliphatic carbocycles. The first-order valence-electron chi connectivity index (χ1n) is 6.48. The summed E-state index contributed by atoms with van der Waals surface area (Å²) in [5, 5.41) is 9.72. The Morgan fingerprint density at radius 3 is 2.63 bits per heavy atom. The van der Waals surface area contributed by atoms with E-state index in [1.807, 2.05) is 4.90 Å². The Balaban J connectivity index is 2.20. The quantitative estimate of drug-likeness (QED) is 0.909. The molecule has 1 heterocycles. The summed E-state index contributed by atoms with van der Waals surface area (Å²) in [4.78, 5) is 14.4. The Labute approximate surface area is 122 Å². The van der Waals surface area contributed by atoms with Crippen LogP contribution in [0.15, 0.2) is 6.07 Å². The number of halogens is 2. The van der Waals surface area contributed by atoms with Gasteiger partial charge in [-0.05, 0) is 31.7 Å². The predicted molar refractivity (Wildman–Crippen MR) is 75.8 cm³/mol. The summed E-state index contributed by atoms with van der Waals surface area (Å²) >= 11 is 12.0. The van der Waals surface area contributed by atoms with E-state index < -0.39 is 0 Å². The van der Waals surface area contributed by atoms with Gasteiger partial charge in [-0.15, -0.1) is 0 Å². The highest BCUT2D eigenvalue weighted by Crippen LogP contribution is 2.29. The molecule has 19 heavy (non-hydrogen) atoms. The molecule has 4 nitrogen and oxygen atoms in total. The van der Waals surface area contributed by atoms with Gasteiger partial charge in [0.25, 0.3) is 5.91 Å². The molecule has 1 saturated carbocycles. The van der Waals surface area contributed by atoms with E-state index in [-0.39, 0.29) is 18.6 Å². The minimum atomic E-state index is -0.0607. The molecule has 2 rings (SSSR count). The lowest BCUT2D eigenvalue weighted by molar-refractivity contribution is 0.0553. The summed E-state index contributed by atoms with van der Waals surface area (Å²) in [5.74, 6) is -0.0607. The van der Waals surface area contributed by atoms with Gasteiger partial charge in [0.1, 0.15) is 10.8 Å². The number of aliphatic hydroxyl groups excluding tert-OH is 1. The maximum Gasteiger partial charge on any atom is 0.270 e. The standard InChI is InChI=1S/C13H18Cl2N2O2/c1-16-11(8-10(14)12(16)15)13(19)17(6-3-7-18)9-4-2-5-9/h8-9,18H,2-7H2,1H3. The van der Waals surface area contributed by atoms with Crippen molar-refractivity contribution in [3.05, 3.63) is 21.9 Å². The van der Waals surface area contributed by atoms with Gasteiger partial charge in [0.2, 0.25) is 0 Å². The highest BCUT2D eigenvalue weighted by molar-refractivity contribution is 6.41. The van der Waals surface area contributed by atoms with Crippen LogP contribution in [0, 0.1) is 0 Å². The fourth-order valence-electron chi connectivity index (χ4n) is 2.28. The van der Waals surface area contributed by atoms with Crippen LogP contribution in [-0.2, 0) is 7.05 Å². The minimum absolute atomic E-state index is 0.0607. The first kappa shape index (κ1) is 14.7. The lowest BCUT2D eigenvalue weighted by Crippen LogP contribution is -2.45. The van der Waals surface area contributed by atoms with Gasteiger partial charge in [0.15, 0.2) is 0 Å². The molecule has 106 valence electrons. The Morgan fingerprint density at radius 1 is 1.53 bits per heavy atom. The number of nitrogens with zero attached hydrogens (tertiary/aromatic N) is 2. The number of aromatic nitrogens is 1. The van der Waals surface area contributed by atoms with E-state index in [9.17, 15) is 4.79 Å². The molecule has 6 heteroatoms. The topological polar surface area (TPSA) is 45.5 Å². The molecule has 0 bridgehead atoms. The fraction of sp³-hybridized carbons (Fsp3) is 0.615. The maximum atomic E-state index is 12.6. The van der Waals surface area contributed by atoms with Crippen molar-refractivity contribution in [2.24, 2.45) is 7.05 Å². The van der Waals surface area contributed by atoms with E-state index in [1.54, 1.807) is 17.7 Å². The third-order valence-electron chi connectivity index (χ3n) is 3.67. The Morgan fingerprint density at radius 2 is 2.21 bits per heavy atom. The van der Waals surface area contributed by atoms with E-state index in [1.165, 1.54) is 0 Å². The second kappa shape index (κ2) is 6.16. The number of rotatable bonds is 5. The average molecular weight is 305 g/mol. The van der Waals surface area contributed by atoms with Gasteiger partial charge >= 0.3 is 0 Å². The van der Waals surface area contributed by atoms with Crippen molar-refractivity contribution in [2.45, 2.75) is 31.7 Å². The van der Waals surface area contributed by atoms with Gasteiger partial charge in [0.05, 0.1) is 5.02 Å². The van der Waals surface area contributed by atoms with Crippen molar-refractivity contribution in [3.63, 3.8) is 0 Å². The van der Waals surface area contributed by atoms with Gasteiger partial charge in [-0.2, -0.15) is 0 Å². The molecular formula is C13H18Cl2N2O2. The van der Waals surface area contributed by atoms with Crippen LogP contribution >= 0.6 is 23.2 Å². The second-order valence-corrected chi connectivity index (χ2v) is 5.65. The zero-order valence-electron chi connectivity index (χ0n) is 10.9. The number of amides is 1. The van der Waals surface area contributed by atoms with Crippen LogP contribution in [-0.4, -0.2) is 39.7 Å². The molecule has 0 aromatic carbocycles. The minimum Gasteiger partial charge on any atom is -0.396 e. The molecule has 1 N–H and O–H groups in total. The second-order valence-electron chi connectivity index (χ2n) is 4.89. The van der Waals surface area contributed by atoms with Crippen molar-refractivity contribution < 1.29 is 9.90 Å². The molecule has 0 radical (unpaired) electrons. The molecule has 0 aliphatic heterocycles. The van der Waals surface area contributed by atoms with Crippen LogP contribution in [0.2, 0.25) is 10.2 Å². The molecule has 0 spiro atoms. The monoisotopic (exact) mass is 304 g/mol. The van der Waals surface area contributed by atoms with E-state index in [0.29, 0.717) is 28.8 Å². The number of hydrogen-bond acceptors (Lipinski definition) is 2. The van der Waals surface area contributed by atoms with Crippen molar-refractivity contribution in [2.75, 3.05) is 13.2 Å². The lowest BCUT2D eigenvalue weighted by atomic mass is 9.91. The highest BCUT2D eigenvalue weighted by atomic mass is 35.5.